The summed E-state index contributed by atoms with van der Waals surface area (Å²) >= 11 is 6.88. The van der Waals surface area contributed by atoms with Crippen LogP contribution in [0.25, 0.3) is 0 Å². The fourth-order valence-corrected chi connectivity index (χ4v) is 5.33. The second-order valence-corrected chi connectivity index (χ2v) is 8.83. The molecule has 0 aliphatic heterocycles. The summed E-state index contributed by atoms with van der Waals surface area (Å²) in [7, 11) is 1.34. The van der Waals surface area contributed by atoms with E-state index in [2.05, 4.69) is 10.6 Å². The van der Waals surface area contributed by atoms with Gasteiger partial charge in [0.2, 0.25) is 0 Å². The van der Waals surface area contributed by atoms with Gasteiger partial charge in [-0.3, -0.25) is 9.59 Å². The maximum absolute atomic E-state index is 13.2. The Kier molecular flexibility index (Phi) is 5.90. The van der Waals surface area contributed by atoms with Crippen LogP contribution in [0.2, 0.25) is 0 Å². The SMILES string of the molecule is CCc1c(C)sc(NC(=S)Nc2cccc3c2C(=O)c2ccccc2C3=O)c1C(=O)OC. The van der Waals surface area contributed by atoms with Crippen molar-refractivity contribution < 1.29 is 19.1 Å². The molecule has 0 radical (unpaired) electrons. The first-order valence-electron chi connectivity index (χ1n) is 9.97. The first-order valence-corrected chi connectivity index (χ1v) is 11.2. The summed E-state index contributed by atoms with van der Waals surface area (Å²) in [4.78, 5) is 39.4. The largest absolute Gasteiger partial charge is 0.465 e. The normalized spacial score (nSPS) is 12.1. The fraction of sp³-hybridized carbons (Fsp3) is 0.167. The van der Waals surface area contributed by atoms with E-state index in [9.17, 15) is 14.4 Å². The number of thiocarbonyl (C=S) groups is 1. The van der Waals surface area contributed by atoms with Crippen LogP contribution < -0.4 is 10.6 Å². The zero-order valence-corrected chi connectivity index (χ0v) is 19.3. The standard InChI is InChI=1S/C24H20N2O4S2/c1-4-13-12(2)32-22(19(13)23(29)30-3)26-24(31)25-17-11-7-10-16-18(17)21(28)15-9-6-5-8-14(15)20(16)27/h5-11H,4H2,1-3H3,(H2,25,26,31). The highest BCUT2D eigenvalue weighted by atomic mass is 32.1. The molecule has 8 heteroatoms. The second-order valence-electron chi connectivity index (χ2n) is 7.20. The van der Waals surface area contributed by atoms with Gasteiger partial charge in [0.25, 0.3) is 0 Å². The maximum atomic E-state index is 13.2. The third-order valence-electron chi connectivity index (χ3n) is 5.38. The van der Waals surface area contributed by atoms with Crippen molar-refractivity contribution in [1.82, 2.24) is 0 Å². The number of hydrogen-bond donors (Lipinski definition) is 2. The topological polar surface area (TPSA) is 84.5 Å². The van der Waals surface area contributed by atoms with Crippen molar-refractivity contribution in [3.05, 3.63) is 80.7 Å². The second kappa shape index (κ2) is 8.64. The van der Waals surface area contributed by atoms with E-state index in [1.165, 1.54) is 18.4 Å². The Bertz CT molecular complexity index is 1290. The van der Waals surface area contributed by atoms with Crippen LogP contribution in [0, 0.1) is 6.92 Å². The monoisotopic (exact) mass is 464 g/mol. The van der Waals surface area contributed by atoms with Gasteiger partial charge in [0.1, 0.15) is 5.00 Å². The van der Waals surface area contributed by atoms with Crippen molar-refractivity contribution in [2.75, 3.05) is 17.7 Å². The molecule has 3 aromatic rings. The Hall–Kier alpha value is -3.36. The molecular weight excluding hydrogens is 444 g/mol. The summed E-state index contributed by atoms with van der Waals surface area (Å²) in [5, 5.41) is 6.87. The smallest absolute Gasteiger partial charge is 0.341 e. The zero-order chi connectivity index (χ0) is 23.0. The van der Waals surface area contributed by atoms with Crippen LogP contribution in [0.1, 0.15) is 59.6 Å². The van der Waals surface area contributed by atoms with E-state index in [1.807, 2.05) is 13.8 Å². The number of thiophene rings is 1. The van der Waals surface area contributed by atoms with E-state index in [-0.39, 0.29) is 22.2 Å². The number of anilines is 2. The van der Waals surface area contributed by atoms with Gasteiger partial charge in [0.15, 0.2) is 16.7 Å². The molecule has 32 heavy (non-hydrogen) atoms. The van der Waals surface area contributed by atoms with Crippen molar-refractivity contribution in [3.63, 3.8) is 0 Å². The Labute approximate surface area is 194 Å². The van der Waals surface area contributed by atoms with Crippen LogP contribution in [-0.4, -0.2) is 29.8 Å². The quantitative estimate of drug-likeness (QED) is 0.325. The molecule has 0 saturated carbocycles. The summed E-state index contributed by atoms with van der Waals surface area (Å²) in [6.45, 7) is 3.91. The zero-order valence-electron chi connectivity index (χ0n) is 17.7. The third kappa shape index (κ3) is 3.61. The number of nitrogens with one attached hydrogen (secondary N) is 2. The minimum absolute atomic E-state index is 0.201. The number of aryl methyl sites for hydroxylation is 1. The number of hydrogen-bond acceptors (Lipinski definition) is 6. The predicted octanol–water partition coefficient (Wildman–Crippen LogP) is 4.99. The molecule has 0 unspecified atom stereocenters. The maximum Gasteiger partial charge on any atom is 0.341 e. The molecule has 0 fully saturated rings. The highest BCUT2D eigenvalue weighted by Gasteiger charge is 2.31. The Morgan fingerprint density at radius 2 is 1.66 bits per heavy atom. The first-order chi connectivity index (χ1) is 15.4. The Balaban J connectivity index is 1.66. The number of ether oxygens (including phenoxy) is 1. The van der Waals surface area contributed by atoms with E-state index in [0.717, 1.165) is 10.4 Å². The summed E-state index contributed by atoms with van der Waals surface area (Å²) < 4.78 is 4.95. The molecule has 0 saturated heterocycles. The Morgan fingerprint density at radius 1 is 1.00 bits per heavy atom. The van der Waals surface area contributed by atoms with Crippen LogP contribution in [0.4, 0.5) is 10.7 Å². The van der Waals surface area contributed by atoms with Crippen molar-refractivity contribution in [2.45, 2.75) is 20.3 Å². The molecule has 1 aliphatic rings. The van der Waals surface area contributed by atoms with Crippen LogP contribution in [0.5, 0.6) is 0 Å². The molecule has 0 spiro atoms. The lowest BCUT2D eigenvalue weighted by Gasteiger charge is -2.21. The van der Waals surface area contributed by atoms with E-state index in [0.29, 0.717) is 39.4 Å². The molecule has 0 amide bonds. The number of fused-ring (bicyclic) bond motifs is 2. The molecule has 162 valence electrons. The van der Waals surface area contributed by atoms with Crippen LogP contribution in [0.3, 0.4) is 0 Å². The number of esters is 1. The predicted molar refractivity (Wildman–Crippen MR) is 129 cm³/mol. The molecule has 1 aliphatic carbocycles. The van der Waals surface area contributed by atoms with Gasteiger partial charge in [-0.05, 0) is 37.2 Å². The lowest BCUT2D eigenvalue weighted by molar-refractivity contribution is 0.0601. The van der Waals surface area contributed by atoms with Crippen molar-refractivity contribution in [2.24, 2.45) is 0 Å². The number of carbonyl (C=O) groups excluding carboxylic acids is 3. The number of carbonyl (C=O) groups is 3. The summed E-state index contributed by atoms with van der Waals surface area (Å²) in [5.41, 5.74) is 3.16. The third-order valence-corrected chi connectivity index (χ3v) is 6.65. The summed E-state index contributed by atoms with van der Waals surface area (Å²) in [5.74, 6) is -0.880. The van der Waals surface area contributed by atoms with Gasteiger partial charge in [0.05, 0.1) is 23.9 Å². The van der Waals surface area contributed by atoms with Gasteiger partial charge in [0, 0.05) is 21.6 Å². The number of benzene rings is 2. The minimum Gasteiger partial charge on any atom is -0.465 e. The van der Waals surface area contributed by atoms with Gasteiger partial charge in [-0.2, -0.15) is 0 Å². The molecular formula is C24H20N2O4S2. The molecule has 6 nitrogen and oxygen atoms in total. The van der Waals surface area contributed by atoms with Gasteiger partial charge in [-0.25, -0.2) is 4.79 Å². The molecule has 4 rings (SSSR count). The van der Waals surface area contributed by atoms with Gasteiger partial charge >= 0.3 is 5.97 Å². The Morgan fingerprint density at radius 3 is 2.31 bits per heavy atom. The molecule has 2 N–H and O–H groups in total. The highest BCUT2D eigenvalue weighted by Crippen LogP contribution is 2.35. The molecule has 1 aromatic heterocycles. The fourth-order valence-electron chi connectivity index (χ4n) is 3.92. The lowest BCUT2D eigenvalue weighted by Crippen LogP contribution is -2.25. The van der Waals surface area contributed by atoms with Crippen LogP contribution >= 0.6 is 23.6 Å². The summed E-state index contributed by atoms with van der Waals surface area (Å²) in [6.07, 6.45) is 0.677. The van der Waals surface area contributed by atoms with Crippen LogP contribution in [-0.2, 0) is 11.2 Å². The van der Waals surface area contributed by atoms with E-state index >= 15 is 0 Å². The van der Waals surface area contributed by atoms with Gasteiger partial charge in [-0.15, -0.1) is 11.3 Å². The lowest BCUT2D eigenvalue weighted by atomic mass is 9.83. The average Bonchev–Trinajstić information content (AvgIpc) is 3.11. The van der Waals surface area contributed by atoms with E-state index in [4.69, 9.17) is 17.0 Å². The van der Waals surface area contributed by atoms with E-state index in [1.54, 1.807) is 42.5 Å². The molecule has 1 heterocycles. The molecule has 0 atom stereocenters. The number of methoxy groups -OCH3 is 1. The van der Waals surface area contributed by atoms with Crippen molar-refractivity contribution in [1.29, 1.82) is 0 Å². The number of ketones is 2. The number of rotatable bonds is 4. The van der Waals surface area contributed by atoms with Crippen molar-refractivity contribution >= 4 is 56.9 Å². The summed E-state index contributed by atoms with van der Waals surface area (Å²) in [6, 6.07) is 11.8. The van der Waals surface area contributed by atoms with Gasteiger partial charge in [-0.1, -0.05) is 43.3 Å². The highest BCUT2D eigenvalue weighted by molar-refractivity contribution is 7.80. The van der Waals surface area contributed by atoms with E-state index < -0.39 is 5.97 Å². The minimum atomic E-state index is -0.439. The van der Waals surface area contributed by atoms with Gasteiger partial charge < -0.3 is 15.4 Å². The average molecular weight is 465 g/mol. The first kappa shape index (κ1) is 21.9. The molecule has 2 aromatic carbocycles. The molecule has 0 bridgehead atoms. The van der Waals surface area contributed by atoms with Crippen molar-refractivity contribution in [3.8, 4) is 0 Å². The van der Waals surface area contributed by atoms with Crippen LogP contribution in [0.15, 0.2) is 42.5 Å².